The van der Waals surface area contributed by atoms with Crippen molar-refractivity contribution in [1.29, 1.82) is 0 Å². The third-order valence-electron chi connectivity index (χ3n) is 5.38. The topological polar surface area (TPSA) is 78.3 Å². The maximum Gasteiger partial charge on any atom is 0.256 e. The number of ether oxygens (including phenoxy) is 2. The van der Waals surface area contributed by atoms with Gasteiger partial charge in [-0.3, -0.25) is 4.79 Å². The van der Waals surface area contributed by atoms with Crippen molar-refractivity contribution in [2.24, 2.45) is 0 Å². The summed E-state index contributed by atoms with van der Waals surface area (Å²) in [6, 6.07) is 16.7. The summed E-state index contributed by atoms with van der Waals surface area (Å²) < 4.78 is 26.1. The van der Waals surface area contributed by atoms with Gasteiger partial charge in [-0.2, -0.15) is 0 Å². The number of imidazole rings is 1. The highest BCUT2D eigenvalue weighted by molar-refractivity contribution is 7.98. The van der Waals surface area contributed by atoms with Gasteiger partial charge in [0.15, 0.2) is 5.16 Å². The number of benzene rings is 2. The van der Waals surface area contributed by atoms with Crippen molar-refractivity contribution >= 4 is 23.5 Å². The molecule has 0 atom stereocenters. The Kier molecular flexibility index (Phi) is 7.79. The summed E-state index contributed by atoms with van der Waals surface area (Å²) in [6.45, 7) is 1.07. The largest absolute Gasteiger partial charge is 0.497 e. The first-order valence-electron chi connectivity index (χ1n) is 10.8. The molecule has 7 nitrogen and oxygen atoms in total. The van der Waals surface area contributed by atoms with E-state index in [1.165, 1.54) is 23.9 Å². The number of anilines is 1. The summed E-state index contributed by atoms with van der Waals surface area (Å²) in [4.78, 5) is 21.9. The second-order valence-electron chi connectivity index (χ2n) is 7.56. The minimum atomic E-state index is -0.313. The zero-order valence-corrected chi connectivity index (χ0v) is 20.4. The van der Waals surface area contributed by atoms with Gasteiger partial charge in [0.25, 0.3) is 5.91 Å². The van der Waals surface area contributed by atoms with Crippen LogP contribution in [0.25, 0.3) is 22.5 Å². The first-order valence-corrected chi connectivity index (χ1v) is 12.1. The summed E-state index contributed by atoms with van der Waals surface area (Å²) in [5.41, 5.74) is 3.63. The molecule has 180 valence electrons. The first kappa shape index (κ1) is 24.4. The van der Waals surface area contributed by atoms with E-state index in [1.54, 1.807) is 62.9 Å². The molecule has 35 heavy (non-hydrogen) atoms. The molecule has 0 unspecified atom stereocenters. The van der Waals surface area contributed by atoms with Gasteiger partial charge in [0.1, 0.15) is 17.4 Å². The molecule has 0 fully saturated rings. The highest BCUT2D eigenvalue weighted by atomic mass is 32.2. The van der Waals surface area contributed by atoms with Gasteiger partial charge in [0.2, 0.25) is 0 Å². The van der Waals surface area contributed by atoms with E-state index in [1.807, 2.05) is 12.3 Å². The number of halogens is 1. The Morgan fingerprint density at radius 3 is 2.46 bits per heavy atom. The number of aromatic nitrogens is 3. The van der Waals surface area contributed by atoms with Crippen LogP contribution in [0, 0.1) is 5.82 Å². The van der Waals surface area contributed by atoms with Crippen LogP contribution in [0.2, 0.25) is 0 Å². The van der Waals surface area contributed by atoms with E-state index in [0.717, 1.165) is 22.0 Å². The molecule has 0 saturated heterocycles. The maximum absolute atomic E-state index is 13.6. The van der Waals surface area contributed by atoms with E-state index < -0.39 is 0 Å². The lowest BCUT2D eigenvalue weighted by molar-refractivity contribution is 0.102. The second-order valence-corrected chi connectivity index (χ2v) is 8.33. The number of carbonyl (C=O) groups excluding carboxylic acids is 1. The zero-order chi connectivity index (χ0) is 24.8. The number of methoxy groups -OCH3 is 2. The number of rotatable bonds is 9. The molecule has 0 bridgehead atoms. The fourth-order valence-electron chi connectivity index (χ4n) is 3.66. The lowest BCUT2D eigenvalue weighted by Gasteiger charge is -2.13. The molecule has 1 amide bonds. The molecule has 9 heteroatoms. The van der Waals surface area contributed by atoms with Crippen LogP contribution in [0.5, 0.6) is 5.75 Å². The van der Waals surface area contributed by atoms with Crippen molar-refractivity contribution in [3.63, 3.8) is 0 Å². The molecule has 0 radical (unpaired) electrons. The quantitative estimate of drug-likeness (QED) is 0.316. The maximum atomic E-state index is 13.6. The van der Waals surface area contributed by atoms with E-state index >= 15 is 0 Å². The number of nitrogens with zero attached hydrogens (tertiary/aromatic N) is 3. The summed E-state index contributed by atoms with van der Waals surface area (Å²) in [5, 5.41) is 3.66. The molecular weight excluding hydrogens is 467 g/mol. The summed E-state index contributed by atoms with van der Waals surface area (Å²) >= 11 is 1.52. The predicted octanol–water partition coefficient (Wildman–Crippen LogP) is 5.38. The molecule has 4 rings (SSSR count). The molecule has 4 aromatic rings. The molecule has 0 aliphatic carbocycles. The second kappa shape index (κ2) is 11.2. The van der Waals surface area contributed by atoms with Crippen molar-refractivity contribution in [2.75, 3.05) is 32.4 Å². The Balaban J connectivity index is 1.74. The average Bonchev–Trinajstić information content (AvgIpc) is 3.26. The van der Waals surface area contributed by atoms with Crippen molar-refractivity contribution in [2.45, 2.75) is 11.7 Å². The monoisotopic (exact) mass is 492 g/mol. The van der Waals surface area contributed by atoms with Crippen LogP contribution >= 0.6 is 11.8 Å². The zero-order valence-electron chi connectivity index (χ0n) is 19.6. The van der Waals surface area contributed by atoms with Gasteiger partial charge < -0.3 is 19.4 Å². The fourth-order valence-corrected chi connectivity index (χ4v) is 4.24. The third kappa shape index (κ3) is 5.52. The predicted molar refractivity (Wildman–Crippen MR) is 135 cm³/mol. The standard InChI is InChI=1S/C26H25FN4O3S/c1-33-15-14-31-24(23(30-26(31)35-3)17-4-8-20(27)9-5-17)19-12-13-28-22(16-19)29-25(32)18-6-10-21(34-2)11-7-18/h4-13,16H,14-15H2,1-3H3,(H,28,29,32). The summed E-state index contributed by atoms with van der Waals surface area (Å²) in [7, 11) is 3.22. The van der Waals surface area contributed by atoms with Gasteiger partial charge in [-0.25, -0.2) is 14.4 Å². The lowest BCUT2D eigenvalue weighted by atomic mass is 10.1. The molecule has 2 aromatic heterocycles. The Morgan fingerprint density at radius 1 is 1.06 bits per heavy atom. The lowest BCUT2D eigenvalue weighted by Crippen LogP contribution is -2.13. The molecule has 0 spiro atoms. The third-order valence-corrected chi connectivity index (χ3v) is 6.06. The van der Waals surface area contributed by atoms with Gasteiger partial charge in [-0.05, 0) is 66.9 Å². The molecule has 0 aliphatic heterocycles. The number of hydrogen-bond donors (Lipinski definition) is 1. The Bertz CT molecular complexity index is 1310. The van der Waals surface area contributed by atoms with Gasteiger partial charge in [0.05, 0.1) is 25.1 Å². The van der Waals surface area contributed by atoms with Crippen molar-refractivity contribution in [3.8, 4) is 28.3 Å². The van der Waals surface area contributed by atoms with Gasteiger partial charge in [-0.1, -0.05) is 11.8 Å². The first-order chi connectivity index (χ1) is 17.0. The molecular formula is C26H25FN4O3S. The fraction of sp³-hybridized carbons (Fsp3) is 0.192. The molecule has 1 N–H and O–H groups in total. The van der Waals surface area contributed by atoms with E-state index in [-0.39, 0.29) is 11.7 Å². The minimum absolute atomic E-state index is 0.284. The van der Waals surface area contributed by atoms with Gasteiger partial charge in [0, 0.05) is 36.5 Å². The molecule has 2 heterocycles. The Labute approximate surface area is 207 Å². The van der Waals surface area contributed by atoms with Crippen molar-refractivity contribution in [3.05, 3.63) is 78.2 Å². The molecule has 0 aliphatic rings. The highest BCUT2D eigenvalue weighted by Crippen LogP contribution is 2.36. The highest BCUT2D eigenvalue weighted by Gasteiger charge is 2.20. The smallest absolute Gasteiger partial charge is 0.256 e. The van der Waals surface area contributed by atoms with Crippen molar-refractivity contribution in [1.82, 2.24) is 14.5 Å². The average molecular weight is 493 g/mol. The van der Waals surface area contributed by atoms with Crippen LogP contribution in [-0.2, 0) is 11.3 Å². The number of amides is 1. The molecule has 2 aromatic carbocycles. The normalized spacial score (nSPS) is 10.9. The number of nitrogens with one attached hydrogen (secondary N) is 1. The van der Waals surface area contributed by atoms with E-state index in [0.29, 0.717) is 36.0 Å². The summed E-state index contributed by atoms with van der Waals surface area (Å²) in [6.07, 6.45) is 3.59. The van der Waals surface area contributed by atoms with Crippen LogP contribution in [0.4, 0.5) is 10.2 Å². The van der Waals surface area contributed by atoms with Crippen LogP contribution in [0.1, 0.15) is 10.4 Å². The van der Waals surface area contributed by atoms with Crippen molar-refractivity contribution < 1.29 is 18.7 Å². The van der Waals surface area contributed by atoms with Gasteiger partial charge >= 0.3 is 0 Å². The van der Waals surface area contributed by atoms with Crippen LogP contribution < -0.4 is 10.1 Å². The van der Waals surface area contributed by atoms with Crippen LogP contribution in [-0.4, -0.2) is 47.5 Å². The molecule has 0 saturated carbocycles. The number of hydrogen-bond acceptors (Lipinski definition) is 6. The van der Waals surface area contributed by atoms with E-state index in [4.69, 9.17) is 14.5 Å². The SMILES string of the molecule is COCCn1c(SC)nc(-c2ccc(F)cc2)c1-c1ccnc(NC(=O)c2ccc(OC)cc2)c1. The number of thioether (sulfide) groups is 1. The van der Waals surface area contributed by atoms with Crippen LogP contribution in [0.15, 0.2) is 72.0 Å². The van der Waals surface area contributed by atoms with E-state index in [2.05, 4.69) is 14.9 Å². The van der Waals surface area contributed by atoms with E-state index in [9.17, 15) is 9.18 Å². The summed E-state index contributed by atoms with van der Waals surface area (Å²) in [5.74, 6) is 0.475. The Morgan fingerprint density at radius 2 is 1.80 bits per heavy atom. The number of carbonyl (C=O) groups is 1. The number of pyridine rings is 1. The van der Waals surface area contributed by atoms with Crippen LogP contribution in [0.3, 0.4) is 0 Å². The Hall–Kier alpha value is -3.69. The van der Waals surface area contributed by atoms with Gasteiger partial charge in [-0.15, -0.1) is 0 Å². The minimum Gasteiger partial charge on any atom is -0.497 e.